The van der Waals surface area contributed by atoms with Crippen LogP contribution in [0.4, 0.5) is 5.69 Å². The first kappa shape index (κ1) is 12.6. The largest absolute Gasteiger partial charge is 0.315 e. The zero-order valence-electron chi connectivity index (χ0n) is 10.2. The van der Waals surface area contributed by atoms with Crippen LogP contribution < -0.4 is 10.9 Å². The third-order valence-electron chi connectivity index (χ3n) is 2.41. The Bertz CT molecular complexity index is 611. The van der Waals surface area contributed by atoms with Gasteiger partial charge in [-0.2, -0.15) is 0 Å². The van der Waals surface area contributed by atoms with Crippen LogP contribution in [0.25, 0.3) is 0 Å². The third kappa shape index (κ3) is 2.51. The number of anilines is 1. The first-order valence-corrected chi connectivity index (χ1v) is 6.47. The van der Waals surface area contributed by atoms with E-state index in [0.717, 1.165) is 17.8 Å². The van der Waals surface area contributed by atoms with Gasteiger partial charge in [0.25, 0.3) is 11.5 Å². The summed E-state index contributed by atoms with van der Waals surface area (Å²) < 4.78 is 0. The Labute approximate surface area is 107 Å². The standard InChI is InChI=1S/C11H14N4O2S/c1-3-4-8-13-6(2)9(18-8)11(17)14-7-5-12-15-10(7)16/h5H,3-4H2,1-2H3,(H,14,17)(H2,12,15,16). The van der Waals surface area contributed by atoms with Gasteiger partial charge in [0.05, 0.1) is 10.7 Å². The van der Waals surface area contributed by atoms with Crippen molar-refractivity contribution in [3.05, 3.63) is 32.1 Å². The van der Waals surface area contributed by atoms with E-state index < -0.39 is 0 Å². The lowest BCUT2D eigenvalue weighted by molar-refractivity contribution is 0.102. The van der Waals surface area contributed by atoms with Gasteiger partial charge in [-0.25, -0.2) is 4.98 Å². The molecule has 0 aliphatic heterocycles. The van der Waals surface area contributed by atoms with Gasteiger partial charge in [0.1, 0.15) is 10.6 Å². The molecule has 3 N–H and O–H groups in total. The summed E-state index contributed by atoms with van der Waals surface area (Å²) in [6.45, 7) is 3.86. The molecule has 1 amide bonds. The van der Waals surface area contributed by atoms with E-state index >= 15 is 0 Å². The Morgan fingerprint density at radius 1 is 1.56 bits per heavy atom. The van der Waals surface area contributed by atoms with E-state index in [9.17, 15) is 9.59 Å². The van der Waals surface area contributed by atoms with Gasteiger partial charge in [-0.15, -0.1) is 11.3 Å². The molecule has 2 rings (SSSR count). The number of carbonyl (C=O) groups is 1. The average molecular weight is 266 g/mol. The van der Waals surface area contributed by atoms with Crippen LogP contribution in [0.2, 0.25) is 0 Å². The minimum atomic E-state index is -0.348. The maximum atomic E-state index is 12.0. The highest BCUT2D eigenvalue weighted by molar-refractivity contribution is 7.13. The summed E-state index contributed by atoms with van der Waals surface area (Å²) >= 11 is 1.37. The fourth-order valence-corrected chi connectivity index (χ4v) is 2.62. The zero-order valence-corrected chi connectivity index (χ0v) is 11.0. The Balaban J connectivity index is 2.19. The summed E-state index contributed by atoms with van der Waals surface area (Å²) in [5.41, 5.74) is 0.567. The first-order valence-electron chi connectivity index (χ1n) is 5.65. The predicted octanol–water partition coefficient (Wildman–Crippen LogP) is 1.67. The molecule has 18 heavy (non-hydrogen) atoms. The number of nitrogens with one attached hydrogen (secondary N) is 3. The second-order valence-corrected chi connectivity index (χ2v) is 4.97. The molecule has 0 radical (unpaired) electrons. The summed E-state index contributed by atoms with van der Waals surface area (Å²) in [6, 6.07) is 0. The molecule has 2 aromatic heterocycles. The highest BCUT2D eigenvalue weighted by atomic mass is 32.1. The summed E-state index contributed by atoms with van der Waals surface area (Å²) in [4.78, 5) is 28.2. The van der Waals surface area contributed by atoms with Gasteiger partial charge >= 0.3 is 0 Å². The van der Waals surface area contributed by atoms with E-state index in [2.05, 4.69) is 27.4 Å². The van der Waals surface area contributed by atoms with Gasteiger partial charge < -0.3 is 10.4 Å². The van der Waals surface area contributed by atoms with Crippen molar-refractivity contribution < 1.29 is 4.79 Å². The van der Waals surface area contributed by atoms with Crippen LogP contribution in [-0.2, 0) is 6.42 Å². The Morgan fingerprint density at radius 2 is 2.33 bits per heavy atom. The molecule has 0 aromatic carbocycles. The molecule has 2 heterocycles. The molecule has 0 saturated carbocycles. The molecule has 0 atom stereocenters. The lowest BCUT2D eigenvalue weighted by Crippen LogP contribution is -2.16. The molecule has 0 bridgehead atoms. The van der Waals surface area contributed by atoms with Crippen LogP contribution in [0.1, 0.15) is 33.7 Å². The number of aromatic amines is 2. The van der Waals surface area contributed by atoms with E-state index in [1.54, 1.807) is 6.92 Å². The smallest absolute Gasteiger partial charge is 0.287 e. The van der Waals surface area contributed by atoms with Crippen molar-refractivity contribution in [2.45, 2.75) is 26.7 Å². The van der Waals surface area contributed by atoms with Crippen molar-refractivity contribution in [2.75, 3.05) is 5.32 Å². The van der Waals surface area contributed by atoms with E-state index in [4.69, 9.17) is 0 Å². The summed E-state index contributed by atoms with van der Waals surface area (Å²) in [5.74, 6) is -0.294. The molecule has 0 aliphatic rings. The number of amides is 1. The number of thiazole rings is 1. The molecular weight excluding hydrogens is 252 g/mol. The van der Waals surface area contributed by atoms with Crippen LogP contribution >= 0.6 is 11.3 Å². The quantitative estimate of drug-likeness (QED) is 0.786. The third-order valence-corrected chi connectivity index (χ3v) is 3.62. The monoisotopic (exact) mass is 266 g/mol. The molecule has 0 spiro atoms. The number of aromatic nitrogens is 3. The zero-order chi connectivity index (χ0) is 13.1. The highest BCUT2D eigenvalue weighted by Gasteiger charge is 2.16. The molecule has 96 valence electrons. The maximum Gasteiger partial charge on any atom is 0.287 e. The lowest BCUT2D eigenvalue weighted by atomic mass is 10.3. The second-order valence-electron chi connectivity index (χ2n) is 3.88. The van der Waals surface area contributed by atoms with Crippen LogP contribution in [0.5, 0.6) is 0 Å². The number of hydrogen-bond acceptors (Lipinski definition) is 4. The van der Waals surface area contributed by atoms with Crippen LogP contribution in [-0.4, -0.2) is 21.1 Å². The van der Waals surface area contributed by atoms with Crippen LogP contribution in [0, 0.1) is 6.92 Å². The molecule has 0 unspecified atom stereocenters. The van der Waals surface area contributed by atoms with Gasteiger partial charge in [0.15, 0.2) is 0 Å². The van der Waals surface area contributed by atoms with E-state index in [-0.39, 0.29) is 17.2 Å². The number of carbonyl (C=O) groups excluding carboxylic acids is 1. The number of nitrogens with zero attached hydrogens (tertiary/aromatic N) is 1. The first-order chi connectivity index (χ1) is 8.61. The van der Waals surface area contributed by atoms with Crippen molar-refractivity contribution >= 4 is 22.9 Å². The minimum Gasteiger partial charge on any atom is -0.315 e. The number of hydrogen-bond donors (Lipinski definition) is 3. The molecule has 7 heteroatoms. The minimum absolute atomic E-state index is 0.213. The maximum absolute atomic E-state index is 12.0. The van der Waals surface area contributed by atoms with E-state index in [0.29, 0.717) is 10.6 Å². The molecule has 6 nitrogen and oxygen atoms in total. The normalized spacial score (nSPS) is 10.6. The fourth-order valence-electron chi connectivity index (χ4n) is 1.56. The van der Waals surface area contributed by atoms with Crippen LogP contribution in [0.15, 0.2) is 11.0 Å². The lowest BCUT2D eigenvalue weighted by Gasteiger charge is -1.98. The van der Waals surface area contributed by atoms with Crippen LogP contribution in [0.3, 0.4) is 0 Å². The van der Waals surface area contributed by atoms with Crippen molar-refractivity contribution in [1.29, 1.82) is 0 Å². The summed E-state index contributed by atoms with van der Waals surface area (Å²) in [7, 11) is 0. The average Bonchev–Trinajstić information content (AvgIpc) is 2.87. The SMILES string of the molecule is CCCc1nc(C)c(C(=O)Nc2c[nH][nH]c2=O)s1. The van der Waals surface area contributed by atoms with Crippen molar-refractivity contribution in [1.82, 2.24) is 15.2 Å². The predicted molar refractivity (Wildman–Crippen MR) is 70.2 cm³/mol. The molecule has 0 fully saturated rings. The highest BCUT2D eigenvalue weighted by Crippen LogP contribution is 2.20. The Morgan fingerprint density at radius 3 is 2.94 bits per heavy atom. The number of H-pyrrole nitrogens is 2. The number of rotatable bonds is 4. The number of aryl methyl sites for hydroxylation is 2. The van der Waals surface area contributed by atoms with Crippen molar-refractivity contribution in [3.63, 3.8) is 0 Å². The van der Waals surface area contributed by atoms with Gasteiger partial charge in [-0.1, -0.05) is 6.92 Å². The second kappa shape index (κ2) is 5.18. The Kier molecular flexibility index (Phi) is 3.61. The topological polar surface area (TPSA) is 90.6 Å². The van der Waals surface area contributed by atoms with Gasteiger partial charge in [0, 0.05) is 6.20 Å². The summed E-state index contributed by atoms with van der Waals surface area (Å²) in [5, 5.41) is 8.40. The molecule has 2 aromatic rings. The van der Waals surface area contributed by atoms with E-state index in [1.807, 2.05) is 0 Å². The van der Waals surface area contributed by atoms with E-state index in [1.165, 1.54) is 17.5 Å². The molecule has 0 aliphatic carbocycles. The molecule has 0 saturated heterocycles. The fraction of sp³-hybridized carbons (Fsp3) is 0.364. The van der Waals surface area contributed by atoms with Crippen molar-refractivity contribution in [3.8, 4) is 0 Å². The summed E-state index contributed by atoms with van der Waals surface area (Å²) in [6.07, 6.45) is 3.28. The Hall–Kier alpha value is -1.89. The van der Waals surface area contributed by atoms with Gasteiger partial charge in [-0.05, 0) is 19.8 Å². The van der Waals surface area contributed by atoms with Gasteiger partial charge in [-0.3, -0.25) is 14.7 Å². The van der Waals surface area contributed by atoms with Gasteiger partial charge in [0.2, 0.25) is 0 Å². The van der Waals surface area contributed by atoms with Crippen molar-refractivity contribution in [2.24, 2.45) is 0 Å². The molecular formula is C11H14N4O2S.